The van der Waals surface area contributed by atoms with E-state index in [0.717, 1.165) is 6.61 Å². The highest BCUT2D eigenvalue weighted by Crippen LogP contribution is 2.16. The molecule has 2 atom stereocenters. The molecule has 0 saturated carbocycles. The Kier molecular flexibility index (Phi) is 2.09. The Balaban J connectivity index is 2.40. The lowest BCUT2D eigenvalue weighted by atomic mass is 10.1. The molecular weight excluding hydrogens is 114 g/mol. The van der Waals surface area contributed by atoms with Crippen LogP contribution in [0, 0.1) is 0 Å². The number of ether oxygens (including phenoxy) is 1. The van der Waals surface area contributed by atoms with Crippen LogP contribution in [0.1, 0.15) is 13.3 Å². The second-order valence-electron chi connectivity index (χ2n) is 2.90. The normalized spacial score (nSPS) is 36.0. The Morgan fingerprint density at radius 3 is 2.33 bits per heavy atom. The van der Waals surface area contributed by atoms with Crippen LogP contribution in [0.3, 0.4) is 0 Å². The van der Waals surface area contributed by atoms with Gasteiger partial charge in [-0.2, -0.15) is 0 Å². The number of hydrogen-bond donors (Lipinski definition) is 0. The molecule has 0 amide bonds. The van der Waals surface area contributed by atoms with Crippen LogP contribution in [0.25, 0.3) is 0 Å². The van der Waals surface area contributed by atoms with Gasteiger partial charge in [0.2, 0.25) is 0 Å². The Morgan fingerprint density at radius 2 is 2.11 bits per heavy atom. The first-order valence-electron chi connectivity index (χ1n) is 3.50. The minimum absolute atomic E-state index is 0.431. The fraction of sp³-hybridized carbons (Fsp3) is 1.00. The molecule has 0 bridgehead atoms. The molecule has 0 aromatic rings. The maximum Gasteiger partial charge on any atom is 0.0702 e. The van der Waals surface area contributed by atoms with E-state index in [4.69, 9.17) is 4.74 Å². The predicted octanol–water partition coefficient (Wildman–Crippen LogP) is 0.725. The molecular formula is C7H15NO. The van der Waals surface area contributed by atoms with Crippen LogP contribution >= 0.6 is 0 Å². The topological polar surface area (TPSA) is 12.5 Å². The quantitative estimate of drug-likeness (QED) is 0.517. The van der Waals surface area contributed by atoms with Gasteiger partial charge in [-0.15, -0.1) is 0 Å². The van der Waals surface area contributed by atoms with Crippen molar-refractivity contribution < 1.29 is 4.74 Å². The summed E-state index contributed by atoms with van der Waals surface area (Å²) < 4.78 is 5.39. The second-order valence-corrected chi connectivity index (χ2v) is 2.90. The van der Waals surface area contributed by atoms with Crippen LogP contribution in [0.2, 0.25) is 0 Å². The lowest BCUT2D eigenvalue weighted by molar-refractivity contribution is 0.0913. The lowest BCUT2D eigenvalue weighted by Gasteiger charge is -2.21. The van der Waals surface area contributed by atoms with Gasteiger partial charge in [0.25, 0.3) is 0 Å². The van der Waals surface area contributed by atoms with Crippen LogP contribution in [0.15, 0.2) is 0 Å². The molecule has 1 aliphatic rings. The van der Waals surface area contributed by atoms with Gasteiger partial charge in [0.1, 0.15) is 0 Å². The number of likely N-dealkylation sites (N-methyl/N-ethyl adjacent to an activating group) is 1. The summed E-state index contributed by atoms with van der Waals surface area (Å²) in [5.74, 6) is 0. The molecule has 0 radical (unpaired) electrons. The van der Waals surface area contributed by atoms with Crippen molar-refractivity contribution in [3.63, 3.8) is 0 Å². The summed E-state index contributed by atoms with van der Waals surface area (Å²) >= 11 is 0. The molecule has 0 N–H and O–H groups in total. The van der Waals surface area contributed by atoms with Gasteiger partial charge in [-0.05, 0) is 27.4 Å². The highest BCUT2D eigenvalue weighted by Gasteiger charge is 2.25. The molecule has 1 heterocycles. The SMILES string of the molecule is C[C@@H]1OCC[C@H]1N(C)C. The molecule has 0 aromatic heterocycles. The largest absolute Gasteiger partial charge is 0.377 e. The highest BCUT2D eigenvalue weighted by atomic mass is 16.5. The molecule has 1 fully saturated rings. The van der Waals surface area contributed by atoms with Gasteiger partial charge >= 0.3 is 0 Å². The standard InChI is InChI=1S/C7H15NO/c1-6-7(8(2)3)4-5-9-6/h6-7H,4-5H2,1-3H3/t6-,7+/m0/s1. The first-order valence-corrected chi connectivity index (χ1v) is 3.50. The summed E-state index contributed by atoms with van der Waals surface area (Å²) in [4.78, 5) is 2.23. The molecule has 2 heteroatoms. The molecule has 0 spiro atoms. The van der Waals surface area contributed by atoms with E-state index in [-0.39, 0.29) is 0 Å². The molecule has 1 aliphatic heterocycles. The minimum atomic E-state index is 0.431. The van der Waals surface area contributed by atoms with Gasteiger partial charge in [0.15, 0.2) is 0 Å². The second kappa shape index (κ2) is 2.67. The summed E-state index contributed by atoms with van der Waals surface area (Å²) in [7, 11) is 4.21. The zero-order chi connectivity index (χ0) is 6.85. The van der Waals surface area contributed by atoms with Crippen LogP contribution in [-0.2, 0) is 4.74 Å². The zero-order valence-electron chi connectivity index (χ0n) is 6.42. The van der Waals surface area contributed by atoms with E-state index >= 15 is 0 Å². The first-order chi connectivity index (χ1) is 4.22. The van der Waals surface area contributed by atoms with Crippen molar-refractivity contribution in [3.8, 4) is 0 Å². The van der Waals surface area contributed by atoms with Crippen molar-refractivity contribution in [3.05, 3.63) is 0 Å². The summed E-state index contributed by atoms with van der Waals surface area (Å²) in [5, 5.41) is 0. The van der Waals surface area contributed by atoms with Crippen LogP contribution in [0.4, 0.5) is 0 Å². The lowest BCUT2D eigenvalue weighted by Crippen LogP contribution is -2.33. The minimum Gasteiger partial charge on any atom is -0.377 e. The Bertz CT molecular complexity index is 92.9. The first kappa shape index (κ1) is 7.03. The van der Waals surface area contributed by atoms with Crippen LogP contribution < -0.4 is 0 Å². The van der Waals surface area contributed by atoms with E-state index in [0.29, 0.717) is 12.1 Å². The fourth-order valence-corrected chi connectivity index (χ4v) is 1.40. The van der Waals surface area contributed by atoms with Gasteiger partial charge in [0, 0.05) is 12.6 Å². The summed E-state index contributed by atoms with van der Waals surface area (Å²) in [5.41, 5.74) is 0. The number of nitrogens with zero attached hydrogens (tertiary/aromatic N) is 1. The Morgan fingerprint density at radius 1 is 1.44 bits per heavy atom. The molecule has 1 rings (SSSR count). The number of rotatable bonds is 1. The Hall–Kier alpha value is -0.0800. The van der Waals surface area contributed by atoms with Crippen molar-refractivity contribution in [1.82, 2.24) is 4.90 Å². The molecule has 2 nitrogen and oxygen atoms in total. The summed E-state index contributed by atoms with van der Waals surface area (Å²) in [6.07, 6.45) is 1.62. The maximum absolute atomic E-state index is 5.39. The average molecular weight is 129 g/mol. The zero-order valence-corrected chi connectivity index (χ0v) is 6.42. The molecule has 1 saturated heterocycles. The van der Waals surface area contributed by atoms with Gasteiger partial charge in [-0.1, -0.05) is 0 Å². The summed E-state index contributed by atoms with van der Waals surface area (Å²) in [6, 6.07) is 0.644. The Labute approximate surface area is 56.8 Å². The van der Waals surface area contributed by atoms with Crippen molar-refractivity contribution in [2.75, 3.05) is 20.7 Å². The smallest absolute Gasteiger partial charge is 0.0702 e. The van der Waals surface area contributed by atoms with Crippen molar-refractivity contribution in [1.29, 1.82) is 0 Å². The van der Waals surface area contributed by atoms with Crippen molar-refractivity contribution >= 4 is 0 Å². The molecule has 0 unspecified atom stereocenters. The van der Waals surface area contributed by atoms with E-state index in [2.05, 4.69) is 25.9 Å². The van der Waals surface area contributed by atoms with Gasteiger partial charge in [0.05, 0.1) is 6.10 Å². The van der Waals surface area contributed by atoms with Gasteiger partial charge < -0.3 is 9.64 Å². The van der Waals surface area contributed by atoms with Crippen molar-refractivity contribution in [2.45, 2.75) is 25.5 Å². The molecule has 0 aliphatic carbocycles. The van der Waals surface area contributed by atoms with E-state index in [9.17, 15) is 0 Å². The van der Waals surface area contributed by atoms with Crippen molar-refractivity contribution in [2.24, 2.45) is 0 Å². The van der Waals surface area contributed by atoms with E-state index in [1.165, 1.54) is 6.42 Å². The third kappa shape index (κ3) is 1.43. The van der Waals surface area contributed by atoms with E-state index in [1.807, 2.05) is 0 Å². The summed E-state index contributed by atoms with van der Waals surface area (Å²) in [6.45, 7) is 3.07. The fourth-order valence-electron chi connectivity index (χ4n) is 1.40. The third-order valence-electron chi connectivity index (χ3n) is 2.00. The van der Waals surface area contributed by atoms with E-state index < -0.39 is 0 Å². The third-order valence-corrected chi connectivity index (χ3v) is 2.00. The van der Waals surface area contributed by atoms with Crippen LogP contribution in [0.5, 0.6) is 0 Å². The maximum atomic E-state index is 5.39. The van der Waals surface area contributed by atoms with Crippen LogP contribution in [-0.4, -0.2) is 37.7 Å². The van der Waals surface area contributed by atoms with E-state index in [1.54, 1.807) is 0 Å². The molecule has 9 heavy (non-hydrogen) atoms. The monoisotopic (exact) mass is 129 g/mol. The van der Waals surface area contributed by atoms with Gasteiger partial charge in [-0.3, -0.25) is 0 Å². The number of hydrogen-bond acceptors (Lipinski definition) is 2. The molecule has 54 valence electrons. The van der Waals surface area contributed by atoms with Gasteiger partial charge in [-0.25, -0.2) is 0 Å². The molecule has 0 aromatic carbocycles. The average Bonchev–Trinajstić information content (AvgIpc) is 2.13. The predicted molar refractivity (Wildman–Crippen MR) is 37.5 cm³/mol. The highest BCUT2D eigenvalue weighted by molar-refractivity contribution is 4.78.